The molecule has 6 nitrogen and oxygen atoms in total. The number of hydrogen-bond acceptors (Lipinski definition) is 6. The van der Waals surface area contributed by atoms with Crippen molar-refractivity contribution >= 4 is 10.1 Å². The zero-order chi connectivity index (χ0) is 14.9. The van der Waals surface area contributed by atoms with E-state index in [1.54, 1.807) is 19.1 Å². The SMILES string of the molecule is Cc1ccc(S(=O)(=O)O[C@H]2C[C@@H](O)O[C@H](C)[C@@H]2O)cc1. The molecule has 1 fully saturated rings. The molecule has 2 rings (SSSR count). The summed E-state index contributed by atoms with van der Waals surface area (Å²) in [6.45, 7) is 3.39. The predicted molar refractivity (Wildman–Crippen MR) is 70.4 cm³/mol. The minimum Gasteiger partial charge on any atom is -0.388 e. The molecule has 1 aliphatic rings. The van der Waals surface area contributed by atoms with E-state index in [4.69, 9.17) is 8.92 Å². The van der Waals surface area contributed by atoms with Gasteiger partial charge in [-0.25, -0.2) is 0 Å². The van der Waals surface area contributed by atoms with Gasteiger partial charge in [-0.2, -0.15) is 8.42 Å². The maximum Gasteiger partial charge on any atom is 0.297 e. The first-order valence-electron chi connectivity index (χ1n) is 6.31. The largest absolute Gasteiger partial charge is 0.388 e. The summed E-state index contributed by atoms with van der Waals surface area (Å²) < 4.78 is 34.3. The van der Waals surface area contributed by atoms with Gasteiger partial charge in [0.15, 0.2) is 6.29 Å². The van der Waals surface area contributed by atoms with Crippen LogP contribution in [0.2, 0.25) is 0 Å². The number of aryl methyl sites for hydroxylation is 1. The molecule has 0 bridgehead atoms. The van der Waals surface area contributed by atoms with Crippen LogP contribution in [0.5, 0.6) is 0 Å². The lowest BCUT2D eigenvalue weighted by Crippen LogP contribution is -2.48. The average Bonchev–Trinajstić information content (AvgIpc) is 2.35. The van der Waals surface area contributed by atoms with Gasteiger partial charge < -0.3 is 14.9 Å². The molecule has 0 amide bonds. The van der Waals surface area contributed by atoms with Crippen LogP contribution in [-0.2, 0) is 19.0 Å². The highest BCUT2D eigenvalue weighted by Crippen LogP contribution is 2.25. The van der Waals surface area contributed by atoms with Crippen LogP contribution in [0.3, 0.4) is 0 Å². The molecule has 1 aliphatic heterocycles. The lowest BCUT2D eigenvalue weighted by Gasteiger charge is -2.34. The smallest absolute Gasteiger partial charge is 0.297 e. The summed E-state index contributed by atoms with van der Waals surface area (Å²) in [5, 5.41) is 19.3. The molecule has 0 aromatic heterocycles. The molecule has 112 valence electrons. The standard InChI is InChI=1S/C13H18O6S/c1-8-3-5-10(6-4-8)20(16,17)19-11-7-12(14)18-9(2)13(11)15/h3-6,9,11-15H,7H2,1-2H3/t9-,11+,12+,13+/m1/s1. The second-order valence-electron chi connectivity index (χ2n) is 4.92. The van der Waals surface area contributed by atoms with Gasteiger partial charge in [0.2, 0.25) is 0 Å². The van der Waals surface area contributed by atoms with Gasteiger partial charge in [0.25, 0.3) is 10.1 Å². The van der Waals surface area contributed by atoms with Crippen LogP contribution in [0.1, 0.15) is 18.9 Å². The first-order chi connectivity index (χ1) is 9.29. The highest BCUT2D eigenvalue weighted by molar-refractivity contribution is 7.86. The Morgan fingerprint density at radius 3 is 2.45 bits per heavy atom. The predicted octanol–water partition coefficient (Wildman–Crippen LogP) is 0.557. The van der Waals surface area contributed by atoms with E-state index in [1.807, 2.05) is 6.92 Å². The van der Waals surface area contributed by atoms with Crippen molar-refractivity contribution in [1.29, 1.82) is 0 Å². The van der Waals surface area contributed by atoms with E-state index in [1.165, 1.54) is 12.1 Å². The molecule has 1 aromatic carbocycles. The Hall–Kier alpha value is -0.990. The maximum atomic E-state index is 12.1. The normalized spacial score (nSPS) is 31.2. The number of aliphatic hydroxyl groups excluding tert-OH is 2. The third-order valence-corrected chi connectivity index (χ3v) is 4.58. The monoisotopic (exact) mass is 302 g/mol. The van der Waals surface area contributed by atoms with Crippen LogP contribution in [0.4, 0.5) is 0 Å². The van der Waals surface area contributed by atoms with Crippen molar-refractivity contribution in [1.82, 2.24) is 0 Å². The molecule has 0 aliphatic carbocycles. The third kappa shape index (κ3) is 3.36. The van der Waals surface area contributed by atoms with Crippen LogP contribution in [0, 0.1) is 6.92 Å². The van der Waals surface area contributed by atoms with Crippen LogP contribution in [0.15, 0.2) is 29.2 Å². The average molecular weight is 302 g/mol. The third-order valence-electron chi connectivity index (χ3n) is 3.23. The van der Waals surface area contributed by atoms with E-state index in [0.717, 1.165) is 5.56 Å². The van der Waals surface area contributed by atoms with Gasteiger partial charge in [0.05, 0.1) is 11.0 Å². The summed E-state index contributed by atoms with van der Waals surface area (Å²) >= 11 is 0. The highest BCUT2D eigenvalue weighted by atomic mass is 32.2. The van der Waals surface area contributed by atoms with Crippen LogP contribution >= 0.6 is 0 Å². The van der Waals surface area contributed by atoms with Crippen molar-refractivity contribution in [3.63, 3.8) is 0 Å². The Bertz CT molecular complexity index is 553. The molecular weight excluding hydrogens is 284 g/mol. The number of benzene rings is 1. The topological polar surface area (TPSA) is 93.1 Å². The fraction of sp³-hybridized carbons (Fsp3) is 0.538. The molecule has 20 heavy (non-hydrogen) atoms. The van der Waals surface area contributed by atoms with Gasteiger partial charge in [0, 0.05) is 6.42 Å². The zero-order valence-corrected chi connectivity index (χ0v) is 12.1. The molecule has 0 unspecified atom stereocenters. The molecule has 0 spiro atoms. The van der Waals surface area contributed by atoms with E-state index in [2.05, 4.69) is 0 Å². The van der Waals surface area contributed by atoms with E-state index in [-0.39, 0.29) is 11.3 Å². The van der Waals surface area contributed by atoms with Gasteiger partial charge in [-0.1, -0.05) is 17.7 Å². The summed E-state index contributed by atoms with van der Waals surface area (Å²) in [4.78, 5) is 0.0175. The summed E-state index contributed by atoms with van der Waals surface area (Å²) in [5.74, 6) is 0. The summed E-state index contributed by atoms with van der Waals surface area (Å²) in [6.07, 6.45) is -4.08. The fourth-order valence-electron chi connectivity index (χ4n) is 2.04. The highest BCUT2D eigenvalue weighted by Gasteiger charge is 2.38. The number of ether oxygens (including phenoxy) is 1. The Kier molecular flexibility index (Phi) is 4.46. The molecule has 7 heteroatoms. The van der Waals surface area contributed by atoms with Crippen molar-refractivity contribution in [3.05, 3.63) is 29.8 Å². The number of aliphatic hydroxyl groups is 2. The first kappa shape index (κ1) is 15.4. The molecule has 4 atom stereocenters. The summed E-state index contributed by atoms with van der Waals surface area (Å²) in [5.41, 5.74) is 0.930. The quantitative estimate of drug-likeness (QED) is 0.792. The summed E-state index contributed by atoms with van der Waals surface area (Å²) in [6, 6.07) is 6.20. The molecule has 2 N–H and O–H groups in total. The Balaban J connectivity index is 2.17. The molecule has 0 saturated carbocycles. The first-order valence-corrected chi connectivity index (χ1v) is 7.72. The Morgan fingerprint density at radius 2 is 1.85 bits per heavy atom. The van der Waals surface area contributed by atoms with Crippen molar-refractivity contribution in [2.45, 2.75) is 49.8 Å². The van der Waals surface area contributed by atoms with Crippen LogP contribution < -0.4 is 0 Å². The number of rotatable bonds is 3. The van der Waals surface area contributed by atoms with Crippen LogP contribution in [0.25, 0.3) is 0 Å². The van der Waals surface area contributed by atoms with Crippen molar-refractivity contribution in [2.24, 2.45) is 0 Å². The summed E-state index contributed by atoms with van der Waals surface area (Å²) in [7, 11) is -3.98. The Labute approximate surface area is 118 Å². The van der Waals surface area contributed by atoms with Crippen LogP contribution in [-0.4, -0.2) is 43.2 Å². The lowest BCUT2D eigenvalue weighted by atomic mass is 10.0. The van der Waals surface area contributed by atoms with Crippen molar-refractivity contribution < 1.29 is 27.6 Å². The minimum absolute atomic E-state index is 0.0175. The minimum atomic E-state index is -3.98. The van der Waals surface area contributed by atoms with E-state index in [9.17, 15) is 18.6 Å². The van der Waals surface area contributed by atoms with Gasteiger partial charge in [0.1, 0.15) is 12.2 Å². The Morgan fingerprint density at radius 1 is 1.25 bits per heavy atom. The van der Waals surface area contributed by atoms with E-state index < -0.39 is 34.7 Å². The van der Waals surface area contributed by atoms with Crippen molar-refractivity contribution in [3.8, 4) is 0 Å². The molecule has 0 radical (unpaired) electrons. The molecule has 1 saturated heterocycles. The second kappa shape index (κ2) is 5.79. The lowest BCUT2D eigenvalue weighted by molar-refractivity contribution is -0.221. The molecule has 1 heterocycles. The van der Waals surface area contributed by atoms with Gasteiger partial charge in [-0.05, 0) is 26.0 Å². The van der Waals surface area contributed by atoms with Gasteiger partial charge in [-0.3, -0.25) is 4.18 Å². The van der Waals surface area contributed by atoms with Gasteiger partial charge >= 0.3 is 0 Å². The zero-order valence-electron chi connectivity index (χ0n) is 11.3. The second-order valence-corrected chi connectivity index (χ2v) is 6.50. The fourth-order valence-corrected chi connectivity index (χ4v) is 3.14. The molecule has 1 aromatic rings. The number of hydrogen-bond donors (Lipinski definition) is 2. The maximum absolute atomic E-state index is 12.1. The van der Waals surface area contributed by atoms with E-state index in [0.29, 0.717) is 0 Å². The van der Waals surface area contributed by atoms with E-state index >= 15 is 0 Å². The molecular formula is C13H18O6S. The van der Waals surface area contributed by atoms with Crippen molar-refractivity contribution in [2.75, 3.05) is 0 Å². The van der Waals surface area contributed by atoms with Gasteiger partial charge in [-0.15, -0.1) is 0 Å².